The van der Waals surface area contributed by atoms with Crippen molar-refractivity contribution in [2.45, 2.75) is 38.8 Å². The van der Waals surface area contributed by atoms with Crippen LogP contribution >= 0.6 is 11.6 Å². The number of ether oxygens (including phenoxy) is 2. The zero-order valence-electron chi connectivity index (χ0n) is 12.8. The number of anilines is 2. The van der Waals surface area contributed by atoms with Gasteiger partial charge in [-0.3, -0.25) is 9.59 Å². The molecule has 0 radical (unpaired) electrons. The number of carbonyl (C=O) groups excluding carboxylic acids is 2. The minimum atomic E-state index is -0.780. The molecule has 1 aromatic heterocycles. The average molecular weight is 328 g/mol. The molecule has 120 valence electrons. The maximum Gasteiger partial charge on any atom is 0.308 e. The Bertz CT molecular complexity index is 613. The van der Waals surface area contributed by atoms with Crippen molar-refractivity contribution in [2.75, 3.05) is 17.7 Å². The molecule has 0 saturated heterocycles. The Morgan fingerprint density at radius 2 is 2.14 bits per heavy atom. The van der Waals surface area contributed by atoms with Crippen LogP contribution in [0.1, 0.15) is 27.2 Å². The predicted octanol–water partition coefficient (Wildman–Crippen LogP) is 2.21. The molecule has 22 heavy (non-hydrogen) atoms. The fourth-order valence-electron chi connectivity index (χ4n) is 2.01. The monoisotopic (exact) mass is 327 g/mol. The quantitative estimate of drug-likeness (QED) is 0.653. The number of nitrogens with one attached hydrogen (secondary N) is 2. The van der Waals surface area contributed by atoms with Crippen molar-refractivity contribution in [1.82, 2.24) is 4.98 Å². The van der Waals surface area contributed by atoms with E-state index in [9.17, 15) is 9.59 Å². The number of aromatic nitrogens is 1. The fraction of sp³-hybridized carbons (Fsp3) is 0.500. The zero-order valence-corrected chi connectivity index (χ0v) is 13.6. The minimum absolute atomic E-state index is 0.112. The Morgan fingerprint density at radius 3 is 2.73 bits per heavy atom. The van der Waals surface area contributed by atoms with E-state index in [0.29, 0.717) is 17.3 Å². The molecular weight excluding hydrogens is 310 g/mol. The van der Waals surface area contributed by atoms with Gasteiger partial charge in [0.1, 0.15) is 28.2 Å². The van der Waals surface area contributed by atoms with E-state index in [2.05, 4.69) is 15.6 Å². The van der Waals surface area contributed by atoms with Gasteiger partial charge in [-0.25, -0.2) is 4.98 Å². The highest BCUT2D eigenvalue weighted by Gasteiger charge is 2.32. The summed E-state index contributed by atoms with van der Waals surface area (Å²) in [6.07, 6.45) is -0.112. The van der Waals surface area contributed by atoms with E-state index >= 15 is 0 Å². The molecule has 1 aromatic rings. The van der Waals surface area contributed by atoms with Gasteiger partial charge in [0.2, 0.25) is 5.91 Å². The van der Waals surface area contributed by atoms with Crippen molar-refractivity contribution in [2.24, 2.45) is 0 Å². The first kappa shape index (κ1) is 16.4. The number of carbonyl (C=O) groups is 2. The van der Waals surface area contributed by atoms with Crippen molar-refractivity contribution < 1.29 is 19.1 Å². The molecule has 2 heterocycles. The first-order chi connectivity index (χ1) is 10.2. The summed E-state index contributed by atoms with van der Waals surface area (Å²) in [5, 5.41) is 5.78. The third kappa shape index (κ3) is 3.79. The van der Waals surface area contributed by atoms with Gasteiger partial charge in [0, 0.05) is 6.07 Å². The molecular formula is C14H18ClN3O4. The van der Waals surface area contributed by atoms with Crippen LogP contribution in [-0.4, -0.2) is 35.6 Å². The van der Waals surface area contributed by atoms with Crippen LogP contribution in [-0.2, 0) is 14.3 Å². The SMILES string of the molecule is COc1cc(Cl)nc2c1NC(=O)C(CC(=O)OC(C)(C)C)N2. The molecule has 1 aliphatic heterocycles. The summed E-state index contributed by atoms with van der Waals surface area (Å²) < 4.78 is 10.4. The van der Waals surface area contributed by atoms with Crippen LogP contribution in [0.5, 0.6) is 5.75 Å². The van der Waals surface area contributed by atoms with Gasteiger partial charge in [0.05, 0.1) is 13.5 Å². The van der Waals surface area contributed by atoms with E-state index in [-0.39, 0.29) is 17.5 Å². The number of hydrogen-bond acceptors (Lipinski definition) is 6. The molecule has 0 aliphatic carbocycles. The molecule has 7 nitrogen and oxygen atoms in total. The van der Waals surface area contributed by atoms with Crippen molar-refractivity contribution in [3.05, 3.63) is 11.2 Å². The Kier molecular flexibility index (Phi) is 4.46. The molecule has 2 N–H and O–H groups in total. The van der Waals surface area contributed by atoms with Crippen LogP contribution in [0.25, 0.3) is 0 Å². The van der Waals surface area contributed by atoms with Crippen molar-refractivity contribution in [1.29, 1.82) is 0 Å². The largest absolute Gasteiger partial charge is 0.494 e. The van der Waals surface area contributed by atoms with Gasteiger partial charge in [-0.05, 0) is 20.8 Å². The van der Waals surface area contributed by atoms with E-state index in [0.717, 1.165) is 0 Å². The molecule has 1 aliphatic rings. The molecule has 0 saturated carbocycles. The number of amides is 1. The molecule has 1 amide bonds. The van der Waals surface area contributed by atoms with Crippen LogP contribution in [0.2, 0.25) is 5.15 Å². The number of rotatable bonds is 3. The molecule has 0 spiro atoms. The smallest absolute Gasteiger partial charge is 0.308 e. The summed E-state index contributed by atoms with van der Waals surface area (Å²) in [5.41, 5.74) is -0.206. The van der Waals surface area contributed by atoms with Gasteiger partial charge in [-0.1, -0.05) is 11.6 Å². The van der Waals surface area contributed by atoms with Gasteiger partial charge in [0.25, 0.3) is 0 Å². The standard InChI is InChI=1S/C14H18ClN3O4/c1-14(2,3)22-10(19)5-7-13(20)18-11-8(21-4)6-9(15)17-12(11)16-7/h6-7H,5H2,1-4H3,(H,16,17)(H,18,20). The van der Waals surface area contributed by atoms with Gasteiger partial charge >= 0.3 is 5.97 Å². The first-order valence-corrected chi connectivity index (χ1v) is 7.11. The lowest BCUT2D eigenvalue weighted by Crippen LogP contribution is -2.42. The van der Waals surface area contributed by atoms with Crippen molar-refractivity contribution in [3.8, 4) is 5.75 Å². The third-order valence-corrected chi connectivity index (χ3v) is 3.03. The summed E-state index contributed by atoms with van der Waals surface area (Å²) in [6, 6.07) is 0.717. The molecule has 1 atom stereocenters. The number of fused-ring (bicyclic) bond motifs is 1. The Morgan fingerprint density at radius 1 is 1.45 bits per heavy atom. The molecule has 0 fully saturated rings. The van der Waals surface area contributed by atoms with Crippen LogP contribution in [0.4, 0.5) is 11.5 Å². The lowest BCUT2D eigenvalue weighted by molar-refractivity contribution is -0.155. The lowest BCUT2D eigenvalue weighted by Gasteiger charge is -2.27. The second-order valence-corrected chi connectivity index (χ2v) is 6.23. The second-order valence-electron chi connectivity index (χ2n) is 5.85. The highest BCUT2D eigenvalue weighted by atomic mass is 35.5. The number of pyridine rings is 1. The molecule has 0 bridgehead atoms. The van der Waals surface area contributed by atoms with Crippen LogP contribution in [0.15, 0.2) is 6.07 Å². The van der Waals surface area contributed by atoms with Crippen molar-refractivity contribution in [3.63, 3.8) is 0 Å². The number of halogens is 1. The van der Waals surface area contributed by atoms with Gasteiger partial charge in [0.15, 0.2) is 5.82 Å². The normalized spacial score (nSPS) is 17.1. The number of hydrogen-bond donors (Lipinski definition) is 2. The zero-order chi connectivity index (χ0) is 16.5. The van der Waals surface area contributed by atoms with Crippen LogP contribution in [0, 0.1) is 0 Å². The summed E-state index contributed by atoms with van der Waals surface area (Å²) in [4.78, 5) is 28.1. The minimum Gasteiger partial charge on any atom is -0.494 e. The highest BCUT2D eigenvalue weighted by molar-refractivity contribution is 6.30. The summed E-state index contributed by atoms with van der Waals surface area (Å²) >= 11 is 5.90. The highest BCUT2D eigenvalue weighted by Crippen LogP contribution is 2.36. The molecule has 1 unspecified atom stereocenters. The van der Waals surface area contributed by atoms with E-state index in [1.807, 2.05) is 0 Å². The Labute approximate surface area is 133 Å². The Balaban J connectivity index is 2.17. The van der Waals surface area contributed by atoms with Gasteiger partial charge in [-0.15, -0.1) is 0 Å². The van der Waals surface area contributed by atoms with E-state index in [4.69, 9.17) is 21.1 Å². The first-order valence-electron chi connectivity index (χ1n) is 6.73. The predicted molar refractivity (Wildman–Crippen MR) is 82.3 cm³/mol. The van der Waals surface area contributed by atoms with E-state index in [1.54, 1.807) is 20.8 Å². The molecule has 8 heteroatoms. The fourth-order valence-corrected chi connectivity index (χ4v) is 2.20. The van der Waals surface area contributed by atoms with Crippen molar-refractivity contribution >= 4 is 35.0 Å². The summed E-state index contributed by atoms with van der Waals surface area (Å²) in [7, 11) is 1.46. The number of nitrogens with zero attached hydrogens (tertiary/aromatic N) is 1. The molecule has 2 rings (SSSR count). The van der Waals surface area contributed by atoms with Gasteiger partial charge in [-0.2, -0.15) is 0 Å². The maximum atomic E-state index is 12.1. The summed E-state index contributed by atoms with van der Waals surface area (Å²) in [5.74, 6) is -0.0811. The number of esters is 1. The second kappa shape index (κ2) is 6.00. The van der Waals surface area contributed by atoms with Crippen LogP contribution < -0.4 is 15.4 Å². The van der Waals surface area contributed by atoms with Gasteiger partial charge < -0.3 is 20.1 Å². The number of methoxy groups -OCH3 is 1. The molecule has 0 aromatic carbocycles. The maximum absolute atomic E-state index is 12.1. The third-order valence-electron chi connectivity index (χ3n) is 2.84. The van der Waals surface area contributed by atoms with E-state index in [1.165, 1.54) is 13.2 Å². The lowest BCUT2D eigenvalue weighted by atomic mass is 10.1. The Hall–Kier alpha value is -2.02. The van der Waals surface area contributed by atoms with E-state index < -0.39 is 17.6 Å². The topological polar surface area (TPSA) is 89.5 Å². The van der Waals surface area contributed by atoms with Crippen LogP contribution in [0.3, 0.4) is 0 Å². The summed E-state index contributed by atoms with van der Waals surface area (Å²) in [6.45, 7) is 5.29. The average Bonchev–Trinajstić information content (AvgIpc) is 2.37.